The molecule has 1 aromatic rings. The second kappa shape index (κ2) is 8.53. The Morgan fingerprint density at radius 3 is 2.68 bits per heavy atom. The van der Waals surface area contributed by atoms with Crippen LogP contribution in [-0.4, -0.2) is 32.1 Å². The van der Waals surface area contributed by atoms with Gasteiger partial charge in [-0.2, -0.15) is 0 Å². The van der Waals surface area contributed by atoms with Crippen LogP contribution in [-0.2, 0) is 4.79 Å². The molecule has 0 aromatic heterocycles. The predicted molar refractivity (Wildman–Crippen MR) is 77.6 cm³/mol. The molecule has 0 atom stereocenters. The molecule has 19 heavy (non-hydrogen) atoms. The molecular formula is C15H24N2O2. The Morgan fingerprint density at radius 2 is 2.00 bits per heavy atom. The first-order chi connectivity index (χ1) is 9.13. The molecule has 1 aromatic carbocycles. The van der Waals surface area contributed by atoms with E-state index >= 15 is 0 Å². The summed E-state index contributed by atoms with van der Waals surface area (Å²) < 4.78 is 5.56. The Kier molecular flexibility index (Phi) is 6.97. The average Bonchev–Trinajstić information content (AvgIpc) is 2.39. The number of carbonyl (C=O) groups excluding carboxylic acids is 1. The first-order valence-corrected chi connectivity index (χ1v) is 6.81. The third-order valence-electron chi connectivity index (χ3n) is 2.95. The zero-order valence-corrected chi connectivity index (χ0v) is 12.1. The van der Waals surface area contributed by atoms with Crippen LogP contribution in [0, 0.1) is 13.8 Å². The van der Waals surface area contributed by atoms with Crippen molar-refractivity contribution in [1.29, 1.82) is 0 Å². The van der Waals surface area contributed by atoms with Crippen molar-refractivity contribution in [2.24, 2.45) is 0 Å². The van der Waals surface area contributed by atoms with Gasteiger partial charge in [0.2, 0.25) is 5.91 Å². The minimum Gasteiger partial charge on any atom is -0.493 e. The monoisotopic (exact) mass is 264 g/mol. The Bertz CT molecular complexity index is 405. The largest absolute Gasteiger partial charge is 0.493 e. The summed E-state index contributed by atoms with van der Waals surface area (Å²) in [7, 11) is 0. The van der Waals surface area contributed by atoms with Crippen molar-refractivity contribution >= 4 is 5.91 Å². The van der Waals surface area contributed by atoms with Crippen molar-refractivity contribution < 1.29 is 9.53 Å². The first-order valence-electron chi connectivity index (χ1n) is 6.81. The Balaban J connectivity index is 2.18. The summed E-state index contributed by atoms with van der Waals surface area (Å²) in [6, 6.07) is 5.96. The number of hydrogen-bond donors (Lipinski definition) is 2. The van der Waals surface area contributed by atoms with Crippen LogP contribution in [0.4, 0.5) is 0 Å². The summed E-state index contributed by atoms with van der Waals surface area (Å²) in [5, 5.41) is 5.99. The number of rotatable bonds is 8. The molecule has 0 fully saturated rings. The van der Waals surface area contributed by atoms with E-state index in [9.17, 15) is 4.79 Å². The molecule has 1 amide bonds. The third kappa shape index (κ3) is 6.25. The quantitative estimate of drug-likeness (QED) is 0.704. The molecule has 0 aliphatic heterocycles. The summed E-state index contributed by atoms with van der Waals surface area (Å²) in [6.45, 7) is 8.96. The maximum absolute atomic E-state index is 11.5. The zero-order chi connectivity index (χ0) is 14.1. The summed E-state index contributed by atoms with van der Waals surface area (Å²) in [5.74, 6) is 0.852. The second-order valence-corrected chi connectivity index (χ2v) is 4.55. The van der Waals surface area contributed by atoms with E-state index in [1.54, 1.807) is 0 Å². The van der Waals surface area contributed by atoms with E-state index in [-0.39, 0.29) is 5.91 Å². The Labute approximate surface area is 115 Å². The zero-order valence-electron chi connectivity index (χ0n) is 12.1. The van der Waals surface area contributed by atoms with Gasteiger partial charge in [0.1, 0.15) is 5.75 Å². The van der Waals surface area contributed by atoms with Crippen LogP contribution in [0.25, 0.3) is 0 Å². The second-order valence-electron chi connectivity index (χ2n) is 4.55. The van der Waals surface area contributed by atoms with Crippen LogP contribution in [0.5, 0.6) is 5.75 Å². The van der Waals surface area contributed by atoms with Crippen LogP contribution in [0.2, 0.25) is 0 Å². The van der Waals surface area contributed by atoms with Crippen molar-refractivity contribution in [3.05, 3.63) is 29.3 Å². The number of ether oxygens (including phenoxy) is 1. The summed E-state index contributed by atoms with van der Waals surface area (Å²) >= 11 is 0. The van der Waals surface area contributed by atoms with Crippen molar-refractivity contribution in [2.75, 3.05) is 26.2 Å². The highest BCUT2D eigenvalue weighted by Crippen LogP contribution is 2.16. The van der Waals surface area contributed by atoms with Crippen LogP contribution in [0.1, 0.15) is 24.5 Å². The van der Waals surface area contributed by atoms with Crippen molar-refractivity contribution in [3.63, 3.8) is 0 Å². The molecule has 106 valence electrons. The SMILES string of the molecule is CCNCCNC(=O)CCOc1ccc(C)c(C)c1. The van der Waals surface area contributed by atoms with E-state index in [4.69, 9.17) is 4.74 Å². The number of hydrogen-bond acceptors (Lipinski definition) is 3. The number of benzene rings is 1. The molecule has 2 N–H and O–H groups in total. The van der Waals surface area contributed by atoms with Gasteiger partial charge in [0.25, 0.3) is 0 Å². The van der Waals surface area contributed by atoms with Gasteiger partial charge < -0.3 is 15.4 Å². The molecule has 0 heterocycles. The van der Waals surface area contributed by atoms with Crippen molar-refractivity contribution in [3.8, 4) is 5.75 Å². The van der Waals surface area contributed by atoms with Gasteiger partial charge in [-0.05, 0) is 43.7 Å². The molecule has 0 saturated carbocycles. The minimum atomic E-state index is 0.0294. The Hall–Kier alpha value is -1.55. The number of nitrogens with one attached hydrogen (secondary N) is 2. The van der Waals surface area contributed by atoms with Gasteiger partial charge in [-0.15, -0.1) is 0 Å². The van der Waals surface area contributed by atoms with E-state index < -0.39 is 0 Å². The third-order valence-corrected chi connectivity index (χ3v) is 2.95. The van der Waals surface area contributed by atoms with E-state index in [0.29, 0.717) is 19.6 Å². The molecule has 0 saturated heterocycles. The highest BCUT2D eigenvalue weighted by atomic mass is 16.5. The average molecular weight is 264 g/mol. The molecule has 0 aliphatic rings. The van der Waals surface area contributed by atoms with E-state index in [1.165, 1.54) is 11.1 Å². The highest BCUT2D eigenvalue weighted by Gasteiger charge is 2.02. The van der Waals surface area contributed by atoms with E-state index in [1.807, 2.05) is 25.1 Å². The number of carbonyl (C=O) groups is 1. The lowest BCUT2D eigenvalue weighted by atomic mass is 10.1. The van der Waals surface area contributed by atoms with Gasteiger partial charge in [0.05, 0.1) is 13.0 Å². The lowest BCUT2D eigenvalue weighted by Crippen LogP contribution is -2.32. The molecule has 0 radical (unpaired) electrons. The molecule has 0 spiro atoms. The van der Waals surface area contributed by atoms with Crippen LogP contribution in [0.15, 0.2) is 18.2 Å². The van der Waals surface area contributed by atoms with Gasteiger partial charge in [-0.1, -0.05) is 13.0 Å². The van der Waals surface area contributed by atoms with Crippen molar-refractivity contribution in [2.45, 2.75) is 27.2 Å². The lowest BCUT2D eigenvalue weighted by molar-refractivity contribution is -0.121. The fraction of sp³-hybridized carbons (Fsp3) is 0.533. The Morgan fingerprint density at radius 1 is 1.21 bits per heavy atom. The molecule has 4 heteroatoms. The smallest absolute Gasteiger partial charge is 0.223 e. The molecule has 4 nitrogen and oxygen atoms in total. The number of amides is 1. The van der Waals surface area contributed by atoms with E-state index in [2.05, 4.69) is 24.5 Å². The normalized spacial score (nSPS) is 10.3. The van der Waals surface area contributed by atoms with Crippen LogP contribution in [0.3, 0.4) is 0 Å². The summed E-state index contributed by atoms with van der Waals surface area (Å²) in [5.41, 5.74) is 2.45. The van der Waals surface area contributed by atoms with Gasteiger partial charge in [-0.25, -0.2) is 0 Å². The fourth-order valence-electron chi connectivity index (χ4n) is 1.62. The van der Waals surface area contributed by atoms with Crippen LogP contribution < -0.4 is 15.4 Å². The highest BCUT2D eigenvalue weighted by molar-refractivity contribution is 5.75. The first kappa shape index (κ1) is 15.5. The minimum absolute atomic E-state index is 0.0294. The summed E-state index contributed by atoms with van der Waals surface area (Å²) in [6.07, 6.45) is 0.388. The topological polar surface area (TPSA) is 50.4 Å². The molecular weight excluding hydrogens is 240 g/mol. The molecule has 1 rings (SSSR count). The molecule has 0 bridgehead atoms. The van der Waals surface area contributed by atoms with Gasteiger partial charge >= 0.3 is 0 Å². The fourth-order valence-corrected chi connectivity index (χ4v) is 1.62. The number of likely N-dealkylation sites (N-methyl/N-ethyl adjacent to an activating group) is 1. The van der Waals surface area contributed by atoms with Crippen molar-refractivity contribution in [1.82, 2.24) is 10.6 Å². The molecule has 0 unspecified atom stereocenters. The van der Waals surface area contributed by atoms with Gasteiger partial charge in [0, 0.05) is 13.1 Å². The summed E-state index contributed by atoms with van der Waals surface area (Å²) in [4.78, 5) is 11.5. The molecule has 0 aliphatic carbocycles. The lowest BCUT2D eigenvalue weighted by Gasteiger charge is -2.09. The standard InChI is InChI=1S/C15H24N2O2/c1-4-16-8-9-17-15(18)7-10-19-14-6-5-12(2)13(3)11-14/h5-6,11,16H,4,7-10H2,1-3H3,(H,17,18). The number of aryl methyl sites for hydroxylation is 2. The maximum atomic E-state index is 11.5. The van der Waals surface area contributed by atoms with E-state index in [0.717, 1.165) is 18.8 Å². The van der Waals surface area contributed by atoms with Gasteiger partial charge in [0.15, 0.2) is 0 Å². The van der Waals surface area contributed by atoms with Gasteiger partial charge in [-0.3, -0.25) is 4.79 Å². The maximum Gasteiger partial charge on any atom is 0.223 e. The predicted octanol–water partition coefficient (Wildman–Crippen LogP) is 1.80. The van der Waals surface area contributed by atoms with Crippen LogP contribution >= 0.6 is 0 Å².